The lowest BCUT2D eigenvalue weighted by Crippen LogP contribution is -2.21. The lowest BCUT2D eigenvalue weighted by molar-refractivity contribution is 0.480. The largest absolute Gasteiger partial charge is 0.401 e. The van der Waals surface area contributed by atoms with E-state index in [1.165, 1.54) is 5.01 Å². The van der Waals surface area contributed by atoms with Crippen molar-refractivity contribution >= 4 is 9.24 Å². The molecule has 0 aliphatic carbocycles. The fraction of sp³-hybridized carbons (Fsp3) is 0.500. The molecule has 48 valence electrons. The minimum absolute atomic E-state index is 0.764. The van der Waals surface area contributed by atoms with E-state index in [-0.39, 0.29) is 0 Å². The lowest BCUT2D eigenvalue weighted by atomic mass is 10.5. The summed E-state index contributed by atoms with van der Waals surface area (Å²) in [6.45, 7) is 0. The van der Waals surface area contributed by atoms with E-state index < -0.39 is 0 Å². The first-order chi connectivity index (χ1) is 3.66. The summed E-state index contributed by atoms with van der Waals surface area (Å²) in [6.07, 6.45) is 2.44. The first kappa shape index (κ1) is 7.73. The third-order valence-electron chi connectivity index (χ3n) is 0.605. The van der Waals surface area contributed by atoms with Gasteiger partial charge in [0.25, 0.3) is 0 Å². The van der Waals surface area contributed by atoms with E-state index in [0.29, 0.717) is 0 Å². The zero-order chi connectivity index (χ0) is 6.57. The quantitative estimate of drug-likeness (QED) is 0.302. The van der Waals surface area contributed by atoms with Gasteiger partial charge in [0.05, 0.1) is 0 Å². The summed E-state index contributed by atoms with van der Waals surface area (Å²) < 4.78 is 0. The Morgan fingerprint density at radius 1 is 1.88 bits per heavy atom. The highest BCUT2D eigenvalue weighted by Crippen LogP contribution is 1.89. The van der Waals surface area contributed by atoms with Crippen LogP contribution in [-0.4, -0.2) is 18.2 Å². The van der Waals surface area contributed by atoms with Crippen molar-refractivity contribution < 1.29 is 0 Å². The Balaban J connectivity index is 3.56. The summed E-state index contributed by atoms with van der Waals surface area (Å²) in [6, 6.07) is 0. The van der Waals surface area contributed by atoms with E-state index >= 15 is 0 Å². The molecule has 0 fully saturated rings. The average Bonchev–Trinajstić information content (AvgIpc) is 1.65. The SMILES string of the molecule is CN(N)/C=C(\N)CP. The average molecular weight is 133 g/mol. The van der Waals surface area contributed by atoms with Gasteiger partial charge in [0.15, 0.2) is 0 Å². The van der Waals surface area contributed by atoms with Crippen LogP contribution in [0.5, 0.6) is 0 Å². The van der Waals surface area contributed by atoms with Crippen LogP contribution in [0.15, 0.2) is 11.9 Å². The molecule has 0 heterocycles. The minimum atomic E-state index is 0.764. The second-order valence-corrected chi connectivity index (χ2v) is 1.98. The van der Waals surface area contributed by atoms with Crippen LogP contribution in [-0.2, 0) is 0 Å². The zero-order valence-corrected chi connectivity index (χ0v) is 6.12. The van der Waals surface area contributed by atoms with Gasteiger partial charge in [-0.05, 0) is 0 Å². The van der Waals surface area contributed by atoms with Crippen LogP contribution in [0.2, 0.25) is 0 Å². The Kier molecular flexibility index (Phi) is 3.57. The highest BCUT2D eigenvalue weighted by molar-refractivity contribution is 7.16. The number of hydrogen-bond donors (Lipinski definition) is 2. The van der Waals surface area contributed by atoms with Crippen LogP contribution in [0.4, 0.5) is 0 Å². The topological polar surface area (TPSA) is 55.3 Å². The highest BCUT2D eigenvalue weighted by Gasteiger charge is 1.82. The van der Waals surface area contributed by atoms with Crippen LogP contribution in [0.1, 0.15) is 0 Å². The number of hydrogen-bond acceptors (Lipinski definition) is 3. The summed E-state index contributed by atoms with van der Waals surface area (Å²) in [5, 5.41) is 1.43. The van der Waals surface area contributed by atoms with Crippen molar-refractivity contribution in [2.24, 2.45) is 11.6 Å². The summed E-state index contributed by atoms with van der Waals surface area (Å²) in [4.78, 5) is 0. The molecule has 0 aromatic rings. The summed E-state index contributed by atoms with van der Waals surface area (Å²) >= 11 is 0. The Bertz CT molecular complexity index is 89.3. The maximum Gasteiger partial charge on any atom is 0.0343 e. The van der Waals surface area contributed by atoms with E-state index in [9.17, 15) is 0 Å². The number of nitrogens with two attached hydrogens (primary N) is 2. The molecule has 3 nitrogen and oxygen atoms in total. The van der Waals surface area contributed by atoms with Gasteiger partial charge in [0.1, 0.15) is 0 Å². The van der Waals surface area contributed by atoms with Crippen molar-refractivity contribution in [2.75, 3.05) is 13.2 Å². The second kappa shape index (κ2) is 3.70. The molecule has 0 aromatic carbocycles. The third-order valence-corrected chi connectivity index (χ3v) is 1.08. The monoisotopic (exact) mass is 133 g/mol. The smallest absolute Gasteiger partial charge is 0.0343 e. The van der Waals surface area contributed by atoms with E-state index in [1.807, 2.05) is 0 Å². The van der Waals surface area contributed by atoms with Gasteiger partial charge >= 0.3 is 0 Å². The molecule has 0 aromatic heterocycles. The molecule has 0 saturated carbocycles. The standard InChI is InChI=1S/C4H12N3P/c1-7(6)2-4(5)3-8/h2H,3,5-6,8H2,1H3/b4-2-. The van der Waals surface area contributed by atoms with Crippen molar-refractivity contribution in [3.8, 4) is 0 Å². The number of hydrazine groups is 1. The van der Waals surface area contributed by atoms with Crippen molar-refractivity contribution in [1.82, 2.24) is 5.01 Å². The molecule has 4 N–H and O–H groups in total. The van der Waals surface area contributed by atoms with Crippen molar-refractivity contribution in [1.29, 1.82) is 0 Å². The predicted octanol–water partition coefficient (Wildman–Crippen LogP) is -0.533. The molecule has 0 spiro atoms. The molecular weight excluding hydrogens is 121 g/mol. The zero-order valence-electron chi connectivity index (χ0n) is 4.96. The first-order valence-corrected chi connectivity index (χ1v) is 3.12. The van der Waals surface area contributed by atoms with Gasteiger partial charge in [-0.25, -0.2) is 5.84 Å². The molecule has 0 radical (unpaired) electrons. The van der Waals surface area contributed by atoms with Gasteiger partial charge < -0.3 is 10.7 Å². The van der Waals surface area contributed by atoms with Crippen LogP contribution in [0.25, 0.3) is 0 Å². The molecule has 0 aliphatic rings. The van der Waals surface area contributed by atoms with Crippen LogP contribution < -0.4 is 11.6 Å². The molecule has 4 heteroatoms. The predicted molar refractivity (Wildman–Crippen MR) is 38.8 cm³/mol. The molecule has 8 heavy (non-hydrogen) atoms. The Morgan fingerprint density at radius 3 is 2.50 bits per heavy atom. The van der Waals surface area contributed by atoms with E-state index in [0.717, 1.165) is 11.9 Å². The van der Waals surface area contributed by atoms with Gasteiger partial charge in [-0.15, -0.1) is 9.24 Å². The summed E-state index contributed by atoms with van der Waals surface area (Å²) in [5.41, 5.74) is 6.16. The van der Waals surface area contributed by atoms with Crippen LogP contribution in [0.3, 0.4) is 0 Å². The maximum absolute atomic E-state index is 5.39. The van der Waals surface area contributed by atoms with Crippen LogP contribution in [0, 0.1) is 0 Å². The van der Waals surface area contributed by atoms with Gasteiger partial charge in [-0.1, -0.05) is 0 Å². The molecule has 1 atom stereocenters. The minimum Gasteiger partial charge on any atom is -0.401 e. The van der Waals surface area contributed by atoms with E-state index in [2.05, 4.69) is 9.24 Å². The Labute approximate surface area is 51.9 Å². The molecule has 0 aliphatic heterocycles. The molecular formula is C4H12N3P. The first-order valence-electron chi connectivity index (χ1n) is 2.30. The van der Waals surface area contributed by atoms with Crippen LogP contribution >= 0.6 is 9.24 Å². The molecule has 0 amide bonds. The Hall–Kier alpha value is -0.270. The van der Waals surface area contributed by atoms with Gasteiger partial charge in [0.2, 0.25) is 0 Å². The summed E-state index contributed by atoms with van der Waals surface area (Å²) in [7, 11) is 4.24. The number of nitrogens with zero attached hydrogens (tertiary/aromatic N) is 1. The molecule has 0 rings (SSSR count). The fourth-order valence-electron chi connectivity index (χ4n) is 0.314. The van der Waals surface area contributed by atoms with E-state index in [1.54, 1.807) is 13.2 Å². The fourth-order valence-corrected chi connectivity index (χ4v) is 0.420. The summed E-state index contributed by atoms with van der Waals surface area (Å²) in [5.74, 6) is 5.24. The third kappa shape index (κ3) is 3.90. The molecule has 0 bridgehead atoms. The molecule has 1 unspecified atom stereocenters. The van der Waals surface area contributed by atoms with Gasteiger partial charge in [-0.3, -0.25) is 0 Å². The number of rotatable bonds is 2. The Morgan fingerprint density at radius 2 is 2.38 bits per heavy atom. The van der Waals surface area contributed by atoms with Gasteiger partial charge in [0, 0.05) is 25.1 Å². The second-order valence-electron chi connectivity index (χ2n) is 1.57. The van der Waals surface area contributed by atoms with Crippen molar-refractivity contribution in [2.45, 2.75) is 0 Å². The normalized spacial score (nSPS) is 11.6. The van der Waals surface area contributed by atoms with Crippen molar-refractivity contribution in [3.63, 3.8) is 0 Å². The highest BCUT2D eigenvalue weighted by atomic mass is 31.0. The van der Waals surface area contributed by atoms with Gasteiger partial charge in [-0.2, -0.15) is 0 Å². The van der Waals surface area contributed by atoms with Crippen molar-refractivity contribution in [3.05, 3.63) is 11.9 Å². The lowest BCUT2D eigenvalue weighted by Gasteiger charge is -2.04. The number of allylic oxidation sites excluding steroid dienone is 1. The van der Waals surface area contributed by atoms with E-state index in [4.69, 9.17) is 11.6 Å². The molecule has 0 saturated heterocycles. The maximum atomic E-state index is 5.39.